The molecule has 0 spiro atoms. The van der Waals surface area contributed by atoms with Crippen molar-refractivity contribution >= 4 is 23.5 Å². The summed E-state index contributed by atoms with van der Waals surface area (Å²) in [4.78, 5) is 35.5. The summed E-state index contributed by atoms with van der Waals surface area (Å²) in [5, 5.41) is 11.1. The average Bonchev–Trinajstić information content (AvgIpc) is 2.67. The van der Waals surface area contributed by atoms with E-state index in [1.165, 1.54) is 0 Å². The first kappa shape index (κ1) is 21.9. The maximum Gasteiger partial charge on any atom is 0.319 e. The molecule has 29 heavy (non-hydrogen) atoms. The first-order valence-electron chi connectivity index (χ1n) is 9.66. The predicted octanol–water partition coefficient (Wildman–Crippen LogP) is 2.58. The quantitative estimate of drug-likeness (QED) is 0.524. The molecular weight excluding hydrogens is 368 g/mol. The Morgan fingerprint density at radius 2 is 1.52 bits per heavy atom. The number of amides is 4. The second kappa shape index (κ2) is 11.5. The minimum atomic E-state index is -0.254. The van der Waals surface area contributed by atoms with Crippen LogP contribution in [-0.4, -0.2) is 30.4 Å². The van der Waals surface area contributed by atoms with E-state index in [0.717, 1.165) is 11.1 Å². The summed E-state index contributed by atoms with van der Waals surface area (Å²) in [6.07, 6.45) is 0.521. The number of nitrogens with one attached hydrogen (secondary N) is 4. The van der Waals surface area contributed by atoms with Crippen LogP contribution in [-0.2, 0) is 22.6 Å². The summed E-state index contributed by atoms with van der Waals surface area (Å²) in [6, 6.07) is 16.5. The molecule has 7 nitrogen and oxygen atoms in total. The summed E-state index contributed by atoms with van der Waals surface area (Å²) in [7, 11) is 0. The van der Waals surface area contributed by atoms with E-state index < -0.39 is 0 Å². The van der Waals surface area contributed by atoms with E-state index in [4.69, 9.17) is 0 Å². The zero-order chi connectivity index (χ0) is 21.1. The van der Waals surface area contributed by atoms with Crippen LogP contribution in [0.3, 0.4) is 0 Å². The SMILES string of the molecule is CC(C)NC(=O)Nc1ccc(CNC(=O)CCNC(=O)Cc2ccccc2)cc1. The second-order valence-corrected chi connectivity index (χ2v) is 6.99. The van der Waals surface area contributed by atoms with Gasteiger partial charge in [-0.1, -0.05) is 42.5 Å². The van der Waals surface area contributed by atoms with Crippen molar-refractivity contribution in [3.05, 3.63) is 65.7 Å². The van der Waals surface area contributed by atoms with Gasteiger partial charge in [-0.2, -0.15) is 0 Å². The van der Waals surface area contributed by atoms with Gasteiger partial charge in [0.2, 0.25) is 11.8 Å². The summed E-state index contributed by atoms with van der Waals surface area (Å²) >= 11 is 0. The lowest BCUT2D eigenvalue weighted by Gasteiger charge is -2.11. The smallest absolute Gasteiger partial charge is 0.319 e. The summed E-state index contributed by atoms with van der Waals surface area (Å²) in [5.74, 6) is -0.239. The molecule has 0 saturated carbocycles. The minimum absolute atomic E-state index is 0.0626. The molecule has 0 aromatic heterocycles. The first-order chi connectivity index (χ1) is 13.9. The highest BCUT2D eigenvalue weighted by Crippen LogP contribution is 2.09. The third-order valence-corrected chi connectivity index (χ3v) is 4.00. The van der Waals surface area contributed by atoms with Crippen LogP contribution in [0.15, 0.2) is 54.6 Å². The third-order valence-electron chi connectivity index (χ3n) is 4.00. The molecule has 0 unspecified atom stereocenters. The molecule has 2 rings (SSSR count). The van der Waals surface area contributed by atoms with Crippen LogP contribution in [0.5, 0.6) is 0 Å². The van der Waals surface area contributed by atoms with Crippen molar-refractivity contribution in [3.63, 3.8) is 0 Å². The monoisotopic (exact) mass is 396 g/mol. The van der Waals surface area contributed by atoms with Crippen molar-refractivity contribution in [2.24, 2.45) is 0 Å². The number of carbonyl (C=O) groups excluding carboxylic acids is 3. The first-order valence-corrected chi connectivity index (χ1v) is 9.66. The molecule has 4 amide bonds. The Morgan fingerprint density at radius 3 is 2.17 bits per heavy atom. The number of carbonyl (C=O) groups is 3. The van der Waals surface area contributed by atoms with Gasteiger partial charge in [0, 0.05) is 31.2 Å². The van der Waals surface area contributed by atoms with E-state index >= 15 is 0 Å². The van der Waals surface area contributed by atoms with Gasteiger partial charge in [-0.05, 0) is 37.1 Å². The van der Waals surface area contributed by atoms with Crippen LogP contribution in [0.4, 0.5) is 10.5 Å². The second-order valence-electron chi connectivity index (χ2n) is 6.99. The topological polar surface area (TPSA) is 99.3 Å². The van der Waals surface area contributed by atoms with Crippen LogP contribution in [0, 0.1) is 0 Å². The van der Waals surface area contributed by atoms with E-state index in [2.05, 4.69) is 21.3 Å². The number of benzene rings is 2. The molecule has 0 saturated heterocycles. The van der Waals surface area contributed by atoms with Crippen LogP contribution in [0.25, 0.3) is 0 Å². The largest absolute Gasteiger partial charge is 0.355 e. The lowest BCUT2D eigenvalue weighted by molar-refractivity contribution is -0.122. The lowest BCUT2D eigenvalue weighted by Crippen LogP contribution is -2.34. The molecule has 0 aliphatic rings. The molecule has 0 atom stereocenters. The molecule has 0 fully saturated rings. The van der Waals surface area contributed by atoms with Crippen molar-refractivity contribution < 1.29 is 14.4 Å². The maximum absolute atomic E-state index is 11.9. The van der Waals surface area contributed by atoms with Crippen molar-refractivity contribution in [2.75, 3.05) is 11.9 Å². The van der Waals surface area contributed by atoms with Gasteiger partial charge in [0.05, 0.1) is 6.42 Å². The zero-order valence-electron chi connectivity index (χ0n) is 16.8. The van der Waals surface area contributed by atoms with Crippen molar-refractivity contribution in [2.45, 2.75) is 39.3 Å². The molecule has 0 aliphatic heterocycles. The predicted molar refractivity (Wildman–Crippen MR) is 113 cm³/mol. The van der Waals surface area contributed by atoms with Gasteiger partial charge in [0.1, 0.15) is 0 Å². The molecule has 7 heteroatoms. The van der Waals surface area contributed by atoms with Gasteiger partial charge >= 0.3 is 6.03 Å². The highest BCUT2D eigenvalue weighted by molar-refractivity contribution is 5.89. The van der Waals surface area contributed by atoms with Crippen molar-refractivity contribution in [1.82, 2.24) is 16.0 Å². The van der Waals surface area contributed by atoms with Gasteiger partial charge in [0.25, 0.3) is 0 Å². The van der Waals surface area contributed by atoms with E-state index in [1.807, 2.05) is 56.3 Å². The van der Waals surface area contributed by atoms with Crippen LogP contribution < -0.4 is 21.3 Å². The van der Waals surface area contributed by atoms with Gasteiger partial charge in [0.15, 0.2) is 0 Å². The average molecular weight is 396 g/mol. The molecule has 0 radical (unpaired) electrons. The molecule has 154 valence electrons. The van der Waals surface area contributed by atoms with Crippen LogP contribution >= 0.6 is 0 Å². The fourth-order valence-corrected chi connectivity index (χ4v) is 2.58. The Bertz CT molecular complexity index is 805. The molecule has 4 N–H and O–H groups in total. The number of rotatable bonds is 9. The fraction of sp³-hybridized carbons (Fsp3) is 0.318. The van der Waals surface area contributed by atoms with Gasteiger partial charge in [-0.25, -0.2) is 4.79 Å². The summed E-state index contributed by atoms with van der Waals surface area (Å²) < 4.78 is 0. The minimum Gasteiger partial charge on any atom is -0.355 e. The molecule has 0 bridgehead atoms. The fourth-order valence-electron chi connectivity index (χ4n) is 2.58. The number of hydrogen-bond acceptors (Lipinski definition) is 3. The van der Waals surface area contributed by atoms with E-state index in [-0.39, 0.29) is 30.3 Å². The standard InChI is InChI=1S/C22H28N4O3/c1-16(2)25-22(29)26-19-10-8-18(9-11-19)15-24-20(27)12-13-23-21(28)14-17-6-4-3-5-7-17/h3-11,16H,12-15H2,1-2H3,(H,23,28)(H,24,27)(H2,25,26,29). The summed E-state index contributed by atoms with van der Waals surface area (Å²) in [6.45, 7) is 4.46. The zero-order valence-corrected chi connectivity index (χ0v) is 16.8. The third kappa shape index (κ3) is 8.92. The van der Waals surface area contributed by atoms with Crippen molar-refractivity contribution in [1.29, 1.82) is 0 Å². The Balaban J connectivity index is 1.64. The van der Waals surface area contributed by atoms with Gasteiger partial charge in [-0.3, -0.25) is 9.59 Å². The van der Waals surface area contributed by atoms with E-state index in [9.17, 15) is 14.4 Å². The highest BCUT2D eigenvalue weighted by Gasteiger charge is 2.06. The number of hydrogen-bond donors (Lipinski definition) is 4. The summed E-state index contributed by atoms with van der Waals surface area (Å²) in [5.41, 5.74) is 2.54. The molecule has 0 aliphatic carbocycles. The van der Waals surface area contributed by atoms with Gasteiger partial charge in [-0.15, -0.1) is 0 Å². The van der Waals surface area contributed by atoms with E-state index in [1.54, 1.807) is 12.1 Å². The van der Waals surface area contributed by atoms with Crippen molar-refractivity contribution in [3.8, 4) is 0 Å². The van der Waals surface area contributed by atoms with E-state index in [0.29, 0.717) is 25.2 Å². The Morgan fingerprint density at radius 1 is 0.828 bits per heavy atom. The Hall–Kier alpha value is -3.35. The van der Waals surface area contributed by atoms with Crippen LogP contribution in [0.1, 0.15) is 31.4 Å². The van der Waals surface area contributed by atoms with Gasteiger partial charge < -0.3 is 21.3 Å². The normalized spacial score (nSPS) is 10.3. The molecule has 2 aromatic carbocycles. The molecule has 0 heterocycles. The lowest BCUT2D eigenvalue weighted by atomic mass is 10.1. The molecule has 2 aromatic rings. The number of anilines is 1. The Labute approximate surface area is 171 Å². The maximum atomic E-state index is 11.9. The Kier molecular flexibility index (Phi) is 8.69. The highest BCUT2D eigenvalue weighted by atomic mass is 16.2. The molecular formula is C22H28N4O3. The number of urea groups is 1. The van der Waals surface area contributed by atoms with Crippen LogP contribution in [0.2, 0.25) is 0 Å².